The van der Waals surface area contributed by atoms with E-state index in [1.165, 1.54) is 6.39 Å². The van der Waals surface area contributed by atoms with Crippen LogP contribution in [0, 0.1) is 0 Å². The Labute approximate surface area is 75.9 Å². The molecular weight excluding hydrogens is 174 g/mol. The van der Waals surface area contributed by atoms with Gasteiger partial charge in [-0.3, -0.25) is 0 Å². The third kappa shape index (κ3) is 3.97. The summed E-state index contributed by atoms with van der Waals surface area (Å²) in [5.41, 5.74) is 0. The molecule has 6 nitrogen and oxygen atoms in total. The highest BCUT2D eigenvalue weighted by atomic mass is 16.5. The molecule has 0 saturated carbocycles. The number of nitrogens with one attached hydrogen (secondary N) is 1. The Kier molecular flexibility index (Phi) is 4.37. The number of aliphatic hydroxyl groups is 1. The number of hydrogen-bond donors (Lipinski definition) is 2. The Bertz CT molecular complexity index is 215. The zero-order valence-corrected chi connectivity index (χ0v) is 7.43. The maximum atomic E-state index is 9.23. The van der Waals surface area contributed by atoms with Gasteiger partial charge in [-0.2, -0.15) is 4.98 Å². The summed E-state index contributed by atoms with van der Waals surface area (Å²) in [5, 5.41) is 15.8. The summed E-state index contributed by atoms with van der Waals surface area (Å²) in [7, 11) is 1.54. The molecule has 1 atom stereocenters. The Morgan fingerprint density at radius 2 is 2.62 bits per heavy atom. The Morgan fingerprint density at radius 1 is 1.77 bits per heavy atom. The number of methoxy groups -OCH3 is 1. The highest BCUT2D eigenvalue weighted by Crippen LogP contribution is 1.87. The van der Waals surface area contributed by atoms with E-state index in [0.29, 0.717) is 25.5 Å². The van der Waals surface area contributed by atoms with Gasteiger partial charge in [-0.25, -0.2) is 0 Å². The molecule has 0 aliphatic rings. The molecule has 1 rings (SSSR count). The van der Waals surface area contributed by atoms with Gasteiger partial charge in [0.05, 0.1) is 19.3 Å². The van der Waals surface area contributed by atoms with Gasteiger partial charge < -0.3 is 19.7 Å². The minimum atomic E-state index is -0.503. The van der Waals surface area contributed by atoms with Gasteiger partial charge in [-0.05, 0) is 0 Å². The van der Waals surface area contributed by atoms with Gasteiger partial charge in [0.15, 0.2) is 5.82 Å². The third-order valence-electron chi connectivity index (χ3n) is 1.43. The molecule has 13 heavy (non-hydrogen) atoms. The number of aliphatic hydroxyl groups excluding tert-OH is 1. The molecule has 1 unspecified atom stereocenters. The number of rotatable bonds is 6. The first kappa shape index (κ1) is 10.1. The fourth-order valence-electron chi connectivity index (χ4n) is 0.872. The lowest BCUT2D eigenvalue weighted by Crippen LogP contribution is -2.29. The minimum Gasteiger partial charge on any atom is -0.389 e. The van der Waals surface area contributed by atoms with E-state index in [-0.39, 0.29) is 0 Å². The molecule has 0 radical (unpaired) electrons. The van der Waals surface area contributed by atoms with Gasteiger partial charge in [0.2, 0.25) is 6.39 Å². The molecule has 6 heteroatoms. The fourth-order valence-corrected chi connectivity index (χ4v) is 0.872. The standard InChI is InChI=1S/C7H13N3O3/c1-12-4-6(11)2-8-3-7-9-5-13-10-7/h5-6,8,11H,2-4H2,1H3. The average Bonchev–Trinajstić information content (AvgIpc) is 2.57. The average molecular weight is 187 g/mol. The second-order valence-electron chi connectivity index (χ2n) is 2.59. The Morgan fingerprint density at radius 3 is 3.23 bits per heavy atom. The first-order valence-corrected chi connectivity index (χ1v) is 3.96. The number of ether oxygens (including phenoxy) is 1. The van der Waals surface area contributed by atoms with E-state index in [2.05, 4.69) is 20.0 Å². The second kappa shape index (κ2) is 5.63. The predicted molar refractivity (Wildman–Crippen MR) is 43.9 cm³/mol. The molecule has 1 aromatic heterocycles. The van der Waals surface area contributed by atoms with Crippen LogP contribution in [-0.4, -0.2) is 41.6 Å². The minimum absolute atomic E-state index is 0.319. The van der Waals surface area contributed by atoms with Crippen LogP contribution in [0.4, 0.5) is 0 Å². The molecule has 1 heterocycles. The van der Waals surface area contributed by atoms with E-state index in [1.807, 2.05) is 0 Å². The zero-order chi connectivity index (χ0) is 9.52. The van der Waals surface area contributed by atoms with Crippen molar-refractivity contribution in [3.63, 3.8) is 0 Å². The number of nitrogens with zero attached hydrogens (tertiary/aromatic N) is 2. The largest absolute Gasteiger partial charge is 0.389 e. The van der Waals surface area contributed by atoms with Gasteiger partial charge in [0, 0.05) is 13.7 Å². The van der Waals surface area contributed by atoms with Gasteiger partial charge in [-0.1, -0.05) is 5.16 Å². The first-order chi connectivity index (χ1) is 6.33. The molecule has 0 spiro atoms. The maximum Gasteiger partial charge on any atom is 0.213 e. The summed E-state index contributed by atoms with van der Waals surface area (Å²) in [6.07, 6.45) is 0.764. The highest BCUT2D eigenvalue weighted by Gasteiger charge is 2.03. The molecular formula is C7H13N3O3. The summed E-state index contributed by atoms with van der Waals surface area (Å²) in [4.78, 5) is 3.81. The molecule has 0 amide bonds. The SMILES string of the molecule is COCC(O)CNCc1ncon1. The summed E-state index contributed by atoms with van der Waals surface area (Å²) in [6, 6.07) is 0. The molecule has 0 saturated heterocycles. The van der Waals surface area contributed by atoms with Crippen molar-refractivity contribution >= 4 is 0 Å². The molecule has 0 fully saturated rings. The normalized spacial score (nSPS) is 13.1. The van der Waals surface area contributed by atoms with Crippen molar-refractivity contribution in [1.29, 1.82) is 0 Å². The van der Waals surface area contributed by atoms with Crippen LogP contribution in [0.25, 0.3) is 0 Å². The molecule has 0 aromatic carbocycles. The summed E-state index contributed by atoms with van der Waals surface area (Å²) in [5.74, 6) is 0.574. The molecule has 0 bridgehead atoms. The lowest BCUT2D eigenvalue weighted by Gasteiger charge is -2.08. The monoisotopic (exact) mass is 187 g/mol. The van der Waals surface area contributed by atoms with Crippen molar-refractivity contribution in [2.45, 2.75) is 12.6 Å². The van der Waals surface area contributed by atoms with E-state index >= 15 is 0 Å². The lowest BCUT2D eigenvalue weighted by molar-refractivity contribution is 0.0643. The van der Waals surface area contributed by atoms with Crippen molar-refractivity contribution in [2.24, 2.45) is 0 Å². The highest BCUT2D eigenvalue weighted by molar-refractivity contribution is 4.76. The van der Waals surface area contributed by atoms with E-state index in [0.717, 1.165) is 0 Å². The Balaban J connectivity index is 2.07. The summed E-state index contributed by atoms with van der Waals surface area (Å²) >= 11 is 0. The lowest BCUT2D eigenvalue weighted by atomic mass is 10.4. The number of aromatic nitrogens is 2. The van der Waals surface area contributed by atoms with Gasteiger partial charge in [-0.15, -0.1) is 0 Å². The quantitative estimate of drug-likeness (QED) is 0.605. The third-order valence-corrected chi connectivity index (χ3v) is 1.43. The van der Waals surface area contributed by atoms with Gasteiger partial charge in [0.25, 0.3) is 0 Å². The second-order valence-corrected chi connectivity index (χ2v) is 2.59. The van der Waals surface area contributed by atoms with E-state index < -0.39 is 6.10 Å². The van der Waals surface area contributed by atoms with Crippen LogP contribution in [0.15, 0.2) is 10.9 Å². The van der Waals surface area contributed by atoms with Gasteiger partial charge >= 0.3 is 0 Å². The topological polar surface area (TPSA) is 80.4 Å². The summed E-state index contributed by atoms with van der Waals surface area (Å²) in [6.45, 7) is 1.25. The van der Waals surface area contributed by atoms with Crippen LogP contribution in [0.3, 0.4) is 0 Å². The van der Waals surface area contributed by atoms with E-state index in [4.69, 9.17) is 4.74 Å². The van der Waals surface area contributed by atoms with Crippen LogP contribution in [0.2, 0.25) is 0 Å². The van der Waals surface area contributed by atoms with Gasteiger partial charge in [0.1, 0.15) is 0 Å². The van der Waals surface area contributed by atoms with Crippen LogP contribution in [0.1, 0.15) is 5.82 Å². The van der Waals surface area contributed by atoms with Crippen LogP contribution < -0.4 is 5.32 Å². The Hall–Kier alpha value is -0.980. The predicted octanol–water partition coefficient (Wildman–Crippen LogP) is -0.833. The van der Waals surface area contributed by atoms with E-state index in [9.17, 15) is 5.11 Å². The smallest absolute Gasteiger partial charge is 0.213 e. The van der Waals surface area contributed by atoms with E-state index in [1.54, 1.807) is 7.11 Å². The molecule has 74 valence electrons. The van der Waals surface area contributed by atoms with Crippen molar-refractivity contribution in [2.75, 3.05) is 20.3 Å². The number of hydrogen-bond acceptors (Lipinski definition) is 6. The molecule has 1 aromatic rings. The molecule has 2 N–H and O–H groups in total. The van der Waals surface area contributed by atoms with Crippen molar-refractivity contribution in [1.82, 2.24) is 15.5 Å². The van der Waals surface area contributed by atoms with Crippen molar-refractivity contribution in [3.8, 4) is 0 Å². The fraction of sp³-hybridized carbons (Fsp3) is 0.714. The molecule has 0 aliphatic heterocycles. The van der Waals surface area contributed by atoms with Crippen LogP contribution >= 0.6 is 0 Å². The molecule has 0 aliphatic carbocycles. The maximum absolute atomic E-state index is 9.23. The van der Waals surface area contributed by atoms with Crippen molar-refractivity contribution in [3.05, 3.63) is 12.2 Å². The zero-order valence-electron chi connectivity index (χ0n) is 7.43. The van der Waals surface area contributed by atoms with Crippen molar-refractivity contribution < 1.29 is 14.4 Å². The summed E-state index contributed by atoms with van der Waals surface area (Å²) < 4.78 is 9.28. The van der Waals surface area contributed by atoms with Crippen LogP contribution in [0.5, 0.6) is 0 Å². The van der Waals surface area contributed by atoms with Crippen LogP contribution in [-0.2, 0) is 11.3 Å². The first-order valence-electron chi connectivity index (χ1n) is 3.96.